The molecule has 0 amide bonds. The van der Waals surface area contributed by atoms with Crippen molar-refractivity contribution in [2.75, 3.05) is 26.2 Å². The van der Waals surface area contributed by atoms with Crippen LogP contribution in [0.15, 0.2) is 12.1 Å². The minimum Gasteiger partial charge on any atom is -0.314 e. The highest BCUT2D eigenvalue weighted by Gasteiger charge is 2.35. The summed E-state index contributed by atoms with van der Waals surface area (Å²) >= 11 is 5.56. The lowest BCUT2D eigenvalue weighted by Gasteiger charge is -2.34. The first-order valence-electron chi connectivity index (χ1n) is 5.88. The van der Waals surface area contributed by atoms with Gasteiger partial charge >= 0.3 is 0 Å². The molecule has 0 spiro atoms. The van der Waals surface area contributed by atoms with E-state index in [1.165, 1.54) is 4.90 Å². The molecule has 1 fully saturated rings. The zero-order valence-corrected chi connectivity index (χ0v) is 10.7. The van der Waals surface area contributed by atoms with Crippen molar-refractivity contribution in [2.24, 2.45) is 0 Å². The van der Waals surface area contributed by atoms with Gasteiger partial charge in [0.25, 0.3) is 6.43 Å². The van der Waals surface area contributed by atoms with Gasteiger partial charge in [0.2, 0.25) is 0 Å². The molecule has 0 saturated carbocycles. The molecule has 1 N–H and O–H groups in total. The van der Waals surface area contributed by atoms with Crippen LogP contribution in [0.25, 0.3) is 0 Å². The Morgan fingerprint density at radius 2 is 1.79 bits per heavy atom. The molecular weight excluding hydrogens is 284 g/mol. The zero-order chi connectivity index (χ0) is 14.0. The fourth-order valence-corrected chi connectivity index (χ4v) is 2.41. The van der Waals surface area contributed by atoms with Crippen molar-refractivity contribution in [3.05, 3.63) is 34.4 Å². The minimum atomic E-state index is -2.89. The highest BCUT2D eigenvalue weighted by atomic mass is 35.5. The molecule has 0 aliphatic carbocycles. The monoisotopic (exact) mass is 296 g/mol. The highest BCUT2D eigenvalue weighted by Crippen LogP contribution is 2.34. The molecule has 0 aromatic heterocycles. The average molecular weight is 297 g/mol. The molecule has 106 valence electrons. The van der Waals surface area contributed by atoms with Crippen LogP contribution in [0.1, 0.15) is 11.6 Å². The van der Waals surface area contributed by atoms with Crippen molar-refractivity contribution in [1.82, 2.24) is 10.2 Å². The van der Waals surface area contributed by atoms with Crippen LogP contribution in [0.3, 0.4) is 0 Å². The molecular formula is C12H13ClF4N2. The summed E-state index contributed by atoms with van der Waals surface area (Å²) in [5.41, 5.74) is -0.649. The second-order valence-corrected chi connectivity index (χ2v) is 4.73. The van der Waals surface area contributed by atoms with Gasteiger partial charge < -0.3 is 5.32 Å². The number of benzene rings is 1. The lowest BCUT2D eigenvalue weighted by molar-refractivity contribution is 0.0145. The smallest absolute Gasteiger partial charge is 0.258 e. The second kappa shape index (κ2) is 6.07. The van der Waals surface area contributed by atoms with E-state index in [-0.39, 0.29) is 5.02 Å². The minimum absolute atomic E-state index is 0.306. The molecule has 2 nitrogen and oxygen atoms in total. The lowest BCUT2D eigenvalue weighted by atomic mass is 10.0. The molecule has 1 saturated heterocycles. The predicted molar refractivity (Wildman–Crippen MR) is 64.6 cm³/mol. The summed E-state index contributed by atoms with van der Waals surface area (Å²) in [6, 6.07) is 0.328. The third-order valence-corrected chi connectivity index (χ3v) is 3.45. The van der Waals surface area contributed by atoms with Gasteiger partial charge in [-0.15, -0.1) is 0 Å². The fraction of sp³-hybridized carbons (Fsp3) is 0.500. The Balaban J connectivity index is 2.41. The quantitative estimate of drug-likeness (QED) is 0.681. The van der Waals surface area contributed by atoms with Crippen LogP contribution < -0.4 is 5.32 Å². The molecule has 2 rings (SSSR count). The van der Waals surface area contributed by atoms with Crippen molar-refractivity contribution in [3.63, 3.8) is 0 Å². The maximum absolute atomic E-state index is 13.9. The molecule has 0 unspecified atom stereocenters. The number of rotatable bonds is 3. The average Bonchev–Trinajstić information content (AvgIpc) is 2.39. The molecule has 1 heterocycles. The summed E-state index contributed by atoms with van der Waals surface area (Å²) in [4.78, 5) is 1.37. The van der Waals surface area contributed by atoms with E-state index in [9.17, 15) is 17.6 Å². The van der Waals surface area contributed by atoms with Crippen molar-refractivity contribution in [3.8, 4) is 0 Å². The van der Waals surface area contributed by atoms with E-state index >= 15 is 0 Å². The Bertz CT molecular complexity index is 450. The first kappa shape index (κ1) is 14.6. The molecule has 0 radical (unpaired) electrons. The number of piperazine rings is 1. The zero-order valence-electron chi connectivity index (χ0n) is 9.97. The third kappa shape index (κ3) is 3.01. The fourth-order valence-electron chi connectivity index (χ4n) is 2.24. The Morgan fingerprint density at radius 3 is 2.37 bits per heavy atom. The predicted octanol–water partition coefficient (Wildman–Crippen LogP) is 2.83. The largest absolute Gasteiger partial charge is 0.314 e. The normalized spacial score (nSPS) is 18.8. The summed E-state index contributed by atoms with van der Waals surface area (Å²) in [5.74, 6) is -2.10. The van der Waals surface area contributed by atoms with Crippen LogP contribution >= 0.6 is 11.6 Å². The van der Waals surface area contributed by atoms with Gasteiger partial charge in [0.1, 0.15) is 17.7 Å². The molecule has 0 bridgehead atoms. The maximum Gasteiger partial charge on any atom is 0.258 e. The summed E-state index contributed by atoms with van der Waals surface area (Å²) in [7, 11) is 0. The first-order valence-corrected chi connectivity index (χ1v) is 6.26. The highest BCUT2D eigenvalue weighted by molar-refractivity contribution is 6.30. The van der Waals surface area contributed by atoms with E-state index in [0.717, 1.165) is 12.1 Å². The summed E-state index contributed by atoms with van der Waals surface area (Å²) in [6.07, 6.45) is -2.89. The molecule has 1 aromatic rings. The Morgan fingerprint density at radius 1 is 1.16 bits per heavy atom. The molecule has 1 aliphatic heterocycles. The SMILES string of the molecule is Fc1ccc(Cl)c(F)c1[C@H](C(F)F)N1CCNCC1. The maximum atomic E-state index is 13.9. The van der Waals surface area contributed by atoms with E-state index in [1.54, 1.807) is 0 Å². The number of alkyl halides is 2. The Labute approximate surface area is 113 Å². The van der Waals surface area contributed by atoms with Gasteiger partial charge in [0.05, 0.1) is 5.02 Å². The number of nitrogens with one attached hydrogen (secondary N) is 1. The van der Waals surface area contributed by atoms with Gasteiger partial charge in [0.15, 0.2) is 0 Å². The van der Waals surface area contributed by atoms with E-state index in [2.05, 4.69) is 5.32 Å². The van der Waals surface area contributed by atoms with E-state index in [4.69, 9.17) is 11.6 Å². The van der Waals surface area contributed by atoms with Gasteiger partial charge in [-0.2, -0.15) is 0 Å². The Hall–Kier alpha value is -0.850. The third-order valence-electron chi connectivity index (χ3n) is 3.16. The van der Waals surface area contributed by atoms with Gasteiger partial charge in [-0.25, -0.2) is 17.6 Å². The lowest BCUT2D eigenvalue weighted by Crippen LogP contribution is -2.47. The van der Waals surface area contributed by atoms with Crippen molar-refractivity contribution < 1.29 is 17.6 Å². The summed E-state index contributed by atoms with van der Waals surface area (Å²) in [5, 5.41) is 2.65. The van der Waals surface area contributed by atoms with E-state index < -0.39 is 29.7 Å². The number of nitrogens with zero attached hydrogens (tertiary/aromatic N) is 1. The van der Waals surface area contributed by atoms with Crippen molar-refractivity contribution in [2.45, 2.75) is 12.5 Å². The second-order valence-electron chi connectivity index (χ2n) is 4.32. The summed E-state index contributed by atoms with van der Waals surface area (Å²) < 4.78 is 54.0. The molecule has 1 aliphatic rings. The number of hydrogen-bond donors (Lipinski definition) is 1. The van der Waals surface area contributed by atoms with Gasteiger partial charge in [0, 0.05) is 31.7 Å². The first-order chi connectivity index (χ1) is 9.02. The van der Waals surface area contributed by atoms with Crippen LogP contribution in [0.2, 0.25) is 5.02 Å². The molecule has 1 aromatic carbocycles. The number of halogens is 5. The van der Waals surface area contributed by atoms with Gasteiger partial charge in [-0.05, 0) is 12.1 Å². The van der Waals surface area contributed by atoms with E-state index in [1.807, 2.05) is 0 Å². The van der Waals surface area contributed by atoms with Crippen LogP contribution in [0, 0.1) is 11.6 Å². The standard InChI is InChI=1S/C12H13ClF4N2/c13-7-1-2-8(14)9(10(7)15)11(12(16)17)19-5-3-18-4-6-19/h1-2,11-12,18H,3-6H2/t11-/m1/s1. The number of hydrogen-bond acceptors (Lipinski definition) is 2. The topological polar surface area (TPSA) is 15.3 Å². The molecule has 1 atom stereocenters. The van der Waals surface area contributed by atoms with Crippen molar-refractivity contribution >= 4 is 11.6 Å². The van der Waals surface area contributed by atoms with E-state index in [0.29, 0.717) is 26.2 Å². The van der Waals surface area contributed by atoms with Crippen LogP contribution in [0.5, 0.6) is 0 Å². The Kier molecular flexibility index (Phi) is 4.65. The summed E-state index contributed by atoms with van der Waals surface area (Å²) in [6.45, 7) is 1.63. The van der Waals surface area contributed by atoms with Gasteiger partial charge in [-0.1, -0.05) is 11.6 Å². The molecule has 7 heteroatoms. The molecule has 19 heavy (non-hydrogen) atoms. The van der Waals surface area contributed by atoms with Crippen LogP contribution in [-0.2, 0) is 0 Å². The van der Waals surface area contributed by atoms with Gasteiger partial charge in [-0.3, -0.25) is 4.90 Å². The van der Waals surface area contributed by atoms with Crippen LogP contribution in [-0.4, -0.2) is 37.5 Å². The van der Waals surface area contributed by atoms with Crippen molar-refractivity contribution in [1.29, 1.82) is 0 Å². The van der Waals surface area contributed by atoms with Crippen LogP contribution in [0.4, 0.5) is 17.6 Å².